The number of carbonyl (C=O) groups excluding carboxylic acids is 2. The van der Waals surface area contributed by atoms with Crippen molar-refractivity contribution in [2.45, 2.75) is 38.7 Å². The Bertz CT molecular complexity index is 489. The van der Waals surface area contributed by atoms with Gasteiger partial charge in [-0.1, -0.05) is 12.8 Å². The largest absolute Gasteiger partial charge is 0.384 e. The Morgan fingerprint density at radius 2 is 1.67 bits per heavy atom. The van der Waals surface area contributed by atoms with Crippen molar-refractivity contribution in [2.75, 3.05) is 18.4 Å². The number of carbonyl (C=O) groups is 2. The lowest BCUT2D eigenvalue weighted by Gasteiger charge is -2.20. The number of likely N-dealkylation sites (tertiary alicyclic amines) is 1. The number of anilines is 1. The van der Waals surface area contributed by atoms with E-state index >= 15 is 0 Å². The molecule has 0 bridgehead atoms. The second-order valence-corrected chi connectivity index (χ2v) is 5.45. The van der Waals surface area contributed by atoms with E-state index < -0.39 is 12.0 Å². The molecule has 1 saturated heterocycles. The maximum atomic E-state index is 12.4. The normalized spacial score (nSPS) is 17.0. The summed E-state index contributed by atoms with van der Waals surface area (Å²) in [6.07, 6.45) is 3.45. The predicted molar refractivity (Wildman–Crippen MR) is 81.1 cm³/mol. The van der Waals surface area contributed by atoms with Crippen molar-refractivity contribution in [1.29, 1.82) is 0 Å². The van der Waals surface area contributed by atoms with Crippen LogP contribution in [0.15, 0.2) is 24.3 Å². The van der Waals surface area contributed by atoms with E-state index in [1.165, 1.54) is 19.8 Å². The fourth-order valence-corrected chi connectivity index (χ4v) is 2.40. The van der Waals surface area contributed by atoms with Gasteiger partial charge >= 0.3 is 0 Å². The summed E-state index contributed by atoms with van der Waals surface area (Å²) >= 11 is 0. The van der Waals surface area contributed by atoms with Gasteiger partial charge in [0.15, 0.2) is 0 Å². The zero-order valence-electron chi connectivity index (χ0n) is 12.3. The average Bonchev–Trinajstić information content (AvgIpc) is 2.76. The lowest BCUT2D eigenvalue weighted by atomic mass is 10.1. The fourth-order valence-electron chi connectivity index (χ4n) is 2.40. The molecule has 0 aliphatic carbocycles. The highest BCUT2D eigenvalue weighted by Crippen LogP contribution is 2.15. The minimum atomic E-state index is -1.05. The number of nitrogens with zero attached hydrogens (tertiary/aromatic N) is 1. The number of nitrogens with one attached hydrogen (secondary N) is 1. The van der Waals surface area contributed by atoms with Gasteiger partial charge in [-0.15, -0.1) is 0 Å². The molecular formula is C16H22N2O3. The van der Waals surface area contributed by atoms with Crippen LogP contribution in [0.3, 0.4) is 0 Å². The van der Waals surface area contributed by atoms with Crippen LogP contribution in [0.1, 0.15) is 43.0 Å². The fraction of sp³-hybridized carbons (Fsp3) is 0.500. The van der Waals surface area contributed by atoms with E-state index in [-0.39, 0.29) is 5.91 Å². The van der Waals surface area contributed by atoms with E-state index in [1.54, 1.807) is 24.3 Å². The molecular weight excluding hydrogens is 268 g/mol. The Kier molecular flexibility index (Phi) is 5.33. The van der Waals surface area contributed by atoms with E-state index in [4.69, 9.17) is 5.11 Å². The molecule has 2 N–H and O–H groups in total. The first-order valence-electron chi connectivity index (χ1n) is 7.46. The molecule has 0 aromatic heterocycles. The first-order valence-corrected chi connectivity index (χ1v) is 7.46. The Hall–Kier alpha value is -1.88. The number of amides is 2. The lowest BCUT2D eigenvalue weighted by molar-refractivity contribution is -0.123. The quantitative estimate of drug-likeness (QED) is 0.895. The van der Waals surface area contributed by atoms with Crippen molar-refractivity contribution in [2.24, 2.45) is 0 Å². The van der Waals surface area contributed by atoms with Gasteiger partial charge in [-0.3, -0.25) is 9.59 Å². The molecule has 0 radical (unpaired) electrons. The van der Waals surface area contributed by atoms with Crippen LogP contribution in [0.2, 0.25) is 0 Å². The molecule has 1 aliphatic rings. The maximum absolute atomic E-state index is 12.4. The van der Waals surface area contributed by atoms with Crippen molar-refractivity contribution >= 4 is 17.5 Å². The van der Waals surface area contributed by atoms with Crippen LogP contribution in [0.25, 0.3) is 0 Å². The molecule has 1 unspecified atom stereocenters. The van der Waals surface area contributed by atoms with Crippen molar-refractivity contribution in [3.8, 4) is 0 Å². The summed E-state index contributed by atoms with van der Waals surface area (Å²) in [6, 6.07) is 6.80. The van der Waals surface area contributed by atoms with Crippen LogP contribution >= 0.6 is 0 Å². The molecule has 2 rings (SSSR count). The summed E-state index contributed by atoms with van der Waals surface area (Å²) in [6.45, 7) is 3.05. The van der Waals surface area contributed by atoms with Crippen LogP contribution in [0, 0.1) is 0 Å². The molecule has 1 heterocycles. The molecule has 1 atom stereocenters. The molecule has 1 aliphatic heterocycles. The number of benzene rings is 1. The summed E-state index contributed by atoms with van der Waals surface area (Å²) in [5.41, 5.74) is 1.21. The van der Waals surface area contributed by atoms with Gasteiger partial charge in [-0.2, -0.15) is 0 Å². The van der Waals surface area contributed by atoms with Gasteiger partial charge in [-0.05, 0) is 44.0 Å². The average molecular weight is 290 g/mol. The minimum Gasteiger partial charge on any atom is -0.384 e. The van der Waals surface area contributed by atoms with E-state index in [0.717, 1.165) is 25.9 Å². The van der Waals surface area contributed by atoms with Crippen LogP contribution in [0.5, 0.6) is 0 Å². The Labute approximate surface area is 125 Å². The van der Waals surface area contributed by atoms with E-state index in [9.17, 15) is 9.59 Å². The van der Waals surface area contributed by atoms with Gasteiger partial charge in [0.2, 0.25) is 0 Å². The van der Waals surface area contributed by atoms with Gasteiger partial charge in [0.05, 0.1) is 0 Å². The second kappa shape index (κ2) is 7.22. The van der Waals surface area contributed by atoms with Crippen molar-refractivity contribution < 1.29 is 14.7 Å². The molecule has 1 fully saturated rings. The summed E-state index contributed by atoms with van der Waals surface area (Å²) in [4.78, 5) is 25.7. The third kappa shape index (κ3) is 4.29. The van der Waals surface area contributed by atoms with Gasteiger partial charge in [0.25, 0.3) is 11.8 Å². The Morgan fingerprint density at radius 1 is 1.10 bits per heavy atom. The Morgan fingerprint density at radius 3 is 2.19 bits per heavy atom. The first kappa shape index (κ1) is 15.5. The third-order valence-electron chi connectivity index (χ3n) is 3.67. The smallest absolute Gasteiger partial charge is 0.253 e. The lowest BCUT2D eigenvalue weighted by Crippen LogP contribution is -2.31. The Balaban J connectivity index is 2.00. The minimum absolute atomic E-state index is 0.0466. The van der Waals surface area contributed by atoms with Crippen molar-refractivity contribution in [3.05, 3.63) is 29.8 Å². The molecule has 1 aromatic carbocycles. The van der Waals surface area contributed by atoms with Gasteiger partial charge in [0.1, 0.15) is 6.10 Å². The molecule has 5 nitrogen and oxygen atoms in total. The van der Waals surface area contributed by atoms with Gasteiger partial charge in [-0.25, -0.2) is 0 Å². The predicted octanol–water partition coefficient (Wildman–Crippen LogP) is 2.02. The van der Waals surface area contributed by atoms with E-state index in [2.05, 4.69) is 5.32 Å². The number of hydrogen-bond acceptors (Lipinski definition) is 3. The summed E-state index contributed by atoms with van der Waals surface area (Å²) < 4.78 is 0. The van der Waals surface area contributed by atoms with Gasteiger partial charge in [0, 0.05) is 24.3 Å². The SMILES string of the molecule is CC(O)C(=O)Nc1ccc(C(=O)N2CCCCCC2)cc1. The summed E-state index contributed by atoms with van der Waals surface area (Å²) in [7, 11) is 0. The van der Waals surface area contributed by atoms with E-state index in [1.807, 2.05) is 4.90 Å². The van der Waals surface area contributed by atoms with Crippen LogP contribution in [-0.4, -0.2) is 41.0 Å². The molecule has 21 heavy (non-hydrogen) atoms. The summed E-state index contributed by atoms with van der Waals surface area (Å²) in [5, 5.41) is 11.7. The summed E-state index contributed by atoms with van der Waals surface area (Å²) in [5.74, 6) is -0.410. The molecule has 0 saturated carbocycles. The van der Waals surface area contributed by atoms with Gasteiger partial charge < -0.3 is 15.3 Å². The highest BCUT2D eigenvalue weighted by molar-refractivity contribution is 5.96. The molecule has 0 spiro atoms. The van der Waals surface area contributed by atoms with E-state index in [0.29, 0.717) is 11.3 Å². The molecule has 5 heteroatoms. The zero-order chi connectivity index (χ0) is 15.2. The number of aliphatic hydroxyl groups is 1. The number of hydrogen-bond donors (Lipinski definition) is 2. The highest BCUT2D eigenvalue weighted by Gasteiger charge is 2.17. The highest BCUT2D eigenvalue weighted by atomic mass is 16.3. The first-order chi connectivity index (χ1) is 10.1. The molecule has 2 amide bonds. The standard InChI is InChI=1S/C16H22N2O3/c1-12(19)15(20)17-14-8-6-13(7-9-14)16(21)18-10-4-2-3-5-11-18/h6-9,12,19H,2-5,10-11H2,1H3,(H,17,20). The van der Waals surface area contributed by atoms with Crippen LogP contribution < -0.4 is 5.32 Å². The molecule has 114 valence electrons. The second-order valence-electron chi connectivity index (χ2n) is 5.45. The van der Waals surface area contributed by atoms with Crippen molar-refractivity contribution in [3.63, 3.8) is 0 Å². The van der Waals surface area contributed by atoms with Crippen molar-refractivity contribution in [1.82, 2.24) is 4.90 Å². The number of rotatable bonds is 3. The topological polar surface area (TPSA) is 69.6 Å². The monoisotopic (exact) mass is 290 g/mol. The zero-order valence-corrected chi connectivity index (χ0v) is 12.3. The third-order valence-corrected chi connectivity index (χ3v) is 3.67. The van der Waals surface area contributed by atoms with Crippen LogP contribution in [-0.2, 0) is 4.79 Å². The maximum Gasteiger partial charge on any atom is 0.253 e. The molecule has 1 aromatic rings. The number of aliphatic hydroxyl groups excluding tert-OH is 1. The van der Waals surface area contributed by atoms with Crippen LogP contribution in [0.4, 0.5) is 5.69 Å².